The van der Waals surface area contributed by atoms with Gasteiger partial charge in [-0.1, -0.05) is 6.07 Å². The van der Waals surface area contributed by atoms with Crippen LogP contribution < -0.4 is 10.6 Å². The molecule has 0 bridgehead atoms. The molecule has 0 spiro atoms. The molecule has 1 atom stereocenters. The lowest BCUT2D eigenvalue weighted by Gasteiger charge is -2.21. The molecule has 0 saturated carbocycles. The highest BCUT2D eigenvalue weighted by Crippen LogP contribution is 2.28. The largest absolute Gasteiger partial charge is 0.462 e. The van der Waals surface area contributed by atoms with E-state index >= 15 is 0 Å². The molecule has 28 heavy (non-hydrogen) atoms. The van der Waals surface area contributed by atoms with Crippen LogP contribution in [0.25, 0.3) is 0 Å². The molecule has 1 aliphatic heterocycles. The Morgan fingerprint density at radius 3 is 2.89 bits per heavy atom. The van der Waals surface area contributed by atoms with Crippen LogP contribution in [0.5, 0.6) is 0 Å². The Morgan fingerprint density at radius 2 is 2.14 bits per heavy atom. The van der Waals surface area contributed by atoms with Gasteiger partial charge in [0.15, 0.2) is 0 Å². The van der Waals surface area contributed by atoms with Gasteiger partial charge in [-0.15, -0.1) is 0 Å². The van der Waals surface area contributed by atoms with Crippen LogP contribution in [0.4, 0.5) is 24.8 Å². The number of esters is 1. The van der Waals surface area contributed by atoms with Crippen LogP contribution in [0.1, 0.15) is 28.9 Å². The van der Waals surface area contributed by atoms with Crippen LogP contribution in [-0.4, -0.2) is 35.0 Å². The van der Waals surface area contributed by atoms with Gasteiger partial charge in [0.2, 0.25) is 11.9 Å². The summed E-state index contributed by atoms with van der Waals surface area (Å²) in [6, 6.07) is 6.84. The Labute approximate surface area is 158 Å². The third-order valence-electron chi connectivity index (χ3n) is 4.10. The third kappa shape index (κ3) is 5.18. The minimum atomic E-state index is -4.58. The second-order valence-corrected chi connectivity index (χ2v) is 6.28. The fraction of sp³-hybridized carbons (Fsp3) is 0.333. The zero-order valence-electron chi connectivity index (χ0n) is 14.6. The van der Waals surface area contributed by atoms with Gasteiger partial charge in [0.25, 0.3) is 0 Å². The van der Waals surface area contributed by atoms with Crippen LogP contribution in [-0.2, 0) is 15.7 Å². The lowest BCUT2D eigenvalue weighted by atomic mass is 9.99. The number of ether oxygens (including phenoxy) is 1. The van der Waals surface area contributed by atoms with Gasteiger partial charge in [0.05, 0.1) is 12.2 Å². The number of hydrogen-bond acceptors (Lipinski definition) is 6. The number of hydrogen-bond donors (Lipinski definition) is 2. The first-order valence-electron chi connectivity index (χ1n) is 8.52. The predicted molar refractivity (Wildman–Crippen MR) is 92.8 cm³/mol. The minimum absolute atomic E-state index is 0.0301. The number of carbonyl (C=O) groups excluding carboxylic acids is 2. The average Bonchev–Trinajstić information content (AvgIpc) is 2.66. The van der Waals surface area contributed by atoms with Crippen molar-refractivity contribution in [2.75, 3.05) is 18.5 Å². The molecule has 1 aromatic carbocycles. The highest BCUT2D eigenvalue weighted by atomic mass is 19.4. The van der Waals surface area contributed by atoms with E-state index in [0.717, 1.165) is 18.7 Å². The number of nitrogens with zero attached hydrogens (tertiary/aromatic N) is 2. The second-order valence-electron chi connectivity index (χ2n) is 6.28. The molecule has 2 heterocycles. The molecule has 2 N–H and O–H groups in total. The first-order chi connectivity index (χ1) is 13.3. The molecule has 3 rings (SSSR count). The number of carbonyl (C=O) groups is 2. The highest BCUT2D eigenvalue weighted by molar-refractivity contribution is 5.90. The summed E-state index contributed by atoms with van der Waals surface area (Å²) >= 11 is 0. The van der Waals surface area contributed by atoms with E-state index in [1.54, 1.807) is 12.1 Å². The maximum absolute atomic E-state index is 12.7. The van der Waals surface area contributed by atoms with Crippen molar-refractivity contribution in [2.24, 2.45) is 5.92 Å². The number of alkyl halides is 3. The summed E-state index contributed by atoms with van der Waals surface area (Å²) in [7, 11) is 0. The smallest absolute Gasteiger partial charge is 0.433 e. The number of piperidine rings is 1. The van der Waals surface area contributed by atoms with E-state index in [4.69, 9.17) is 4.74 Å². The molecule has 1 unspecified atom stereocenters. The van der Waals surface area contributed by atoms with Crippen molar-refractivity contribution in [3.8, 4) is 0 Å². The molecule has 1 fully saturated rings. The first kappa shape index (κ1) is 19.6. The van der Waals surface area contributed by atoms with Crippen LogP contribution in [0, 0.1) is 5.92 Å². The van der Waals surface area contributed by atoms with Gasteiger partial charge in [0, 0.05) is 30.8 Å². The number of benzene rings is 1. The molecule has 148 valence electrons. The number of rotatable bonds is 5. The molecular formula is C18H17F3N4O3. The molecule has 0 aliphatic carbocycles. The van der Waals surface area contributed by atoms with Crippen molar-refractivity contribution in [1.29, 1.82) is 0 Å². The number of halogens is 3. The monoisotopic (exact) mass is 394 g/mol. The van der Waals surface area contributed by atoms with E-state index in [9.17, 15) is 22.8 Å². The van der Waals surface area contributed by atoms with Crippen molar-refractivity contribution < 1.29 is 27.5 Å². The van der Waals surface area contributed by atoms with Gasteiger partial charge in [0.1, 0.15) is 5.69 Å². The second kappa shape index (κ2) is 8.24. The Balaban J connectivity index is 1.63. The summed E-state index contributed by atoms with van der Waals surface area (Å²) in [5, 5.41) is 5.35. The van der Waals surface area contributed by atoms with Crippen LogP contribution >= 0.6 is 0 Å². The topological polar surface area (TPSA) is 93.2 Å². The molecule has 0 radical (unpaired) electrons. The highest BCUT2D eigenvalue weighted by Gasteiger charge is 2.32. The van der Waals surface area contributed by atoms with E-state index in [1.807, 2.05) is 0 Å². The molecule has 1 aromatic heterocycles. The SMILES string of the molecule is O=C1CC(COC(=O)c2cccc(Nc3nccc(C(F)(F)F)n3)c2)CCN1. The summed E-state index contributed by atoms with van der Waals surface area (Å²) in [4.78, 5) is 30.7. The van der Waals surface area contributed by atoms with Gasteiger partial charge >= 0.3 is 12.1 Å². The zero-order valence-corrected chi connectivity index (χ0v) is 14.6. The van der Waals surface area contributed by atoms with Gasteiger partial charge in [-0.05, 0) is 30.7 Å². The summed E-state index contributed by atoms with van der Waals surface area (Å²) in [6.07, 6.45) is -2.55. The Morgan fingerprint density at radius 1 is 1.32 bits per heavy atom. The molecule has 1 amide bonds. The summed E-state index contributed by atoms with van der Waals surface area (Å²) < 4.78 is 43.5. The maximum atomic E-state index is 12.7. The van der Waals surface area contributed by atoms with Crippen molar-refractivity contribution in [3.05, 3.63) is 47.8 Å². The van der Waals surface area contributed by atoms with Crippen molar-refractivity contribution >= 4 is 23.5 Å². The number of anilines is 2. The summed E-state index contributed by atoms with van der Waals surface area (Å²) in [5.74, 6) is -0.926. The lowest BCUT2D eigenvalue weighted by Crippen LogP contribution is -2.35. The van der Waals surface area contributed by atoms with E-state index < -0.39 is 17.8 Å². The van der Waals surface area contributed by atoms with Gasteiger partial charge in [-0.2, -0.15) is 13.2 Å². The zero-order chi connectivity index (χ0) is 20.1. The number of nitrogens with one attached hydrogen (secondary N) is 2. The van der Waals surface area contributed by atoms with E-state index in [-0.39, 0.29) is 29.9 Å². The standard InChI is InChI=1S/C18H17F3N4O3/c19-18(20,21)14-5-7-23-17(25-14)24-13-3-1-2-12(9-13)16(27)28-10-11-4-6-22-15(26)8-11/h1-3,5,7,9,11H,4,6,8,10H2,(H,22,26)(H,23,24,25). The number of aromatic nitrogens is 2. The van der Waals surface area contributed by atoms with Gasteiger partial charge in [-0.25, -0.2) is 14.8 Å². The van der Waals surface area contributed by atoms with Crippen LogP contribution in [0.15, 0.2) is 36.5 Å². The molecule has 7 nitrogen and oxygen atoms in total. The van der Waals surface area contributed by atoms with Crippen LogP contribution in [0.2, 0.25) is 0 Å². The fourth-order valence-corrected chi connectivity index (χ4v) is 2.70. The van der Waals surface area contributed by atoms with E-state index in [1.165, 1.54) is 12.1 Å². The number of amides is 1. The first-order valence-corrected chi connectivity index (χ1v) is 8.52. The van der Waals surface area contributed by atoms with Crippen LogP contribution in [0.3, 0.4) is 0 Å². The van der Waals surface area contributed by atoms with Crippen molar-refractivity contribution in [1.82, 2.24) is 15.3 Å². The summed E-state index contributed by atoms with van der Waals surface area (Å²) in [6.45, 7) is 0.679. The molecule has 1 aliphatic rings. The average molecular weight is 394 g/mol. The summed E-state index contributed by atoms with van der Waals surface area (Å²) in [5.41, 5.74) is -0.514. The predicted octanol–water partition coefficient (Wildman–Crippen LogP) is 2.92. The van der Waals surface area contributed by atoms with Gasteiger partial charge < -0.3 is 15.4 Å². The van der Waals surface area contributed by atoms with Crippen molar-refractivity contribution in [3.63, 3.8) is 0 Å². The molecule has 10 heteroatoms. The minimum Gasteiger partial charge on any atom is -0.462 e. The normalized spacial score (nSPS) is 17.0. The van der Waals surface area contributed by atoms with E-state index in [0.29, 0.717) is 18.7 Å². The Bertz CT molecular complexity index is 873. The Kier molecular flexibility index (Phi) is 5.76. The van der Waals surface area contributed by atoms with E-state index in [2.05, 4.69) is 20.6 Å². The third-order valence-corrected chi connectivity index (χ3v) is 4.10. The lowest BCUT2D eigenvalue weighted by molar-refractivity contribution is -0.141. The quantitative estimate of drug-likeness (QED) is 0.758. The van der Waals surface area contributed by atoms with Crippen molar-refractivity contribution in [2.45, 2.75) is 19.0 Å². The molecule has 2 aromatic rings. The Hall–Kier alpha value is -3.17. The fourth-order valence-electron chi connectivity index (χ4n) is 2.70. The maximum Gasteiger partial charge on any atom is 0.433 e. The molecular weight excluding hydrogens is 377 g/mol. The van der Waals surface area contributed by atoms with Gasteiger partial charge in [-0.3, -0.25) is 4.79 Å². The molecule has 1 saturated heterocycles.